The van der Waals surface area contributed by atoms with Crippen molar-refractivity contribution in [1.82, 2.24) is 10.2 Å². The molecule has 1 aliphatic carbocycles. The molecule has 0 aromatic rings. The van der Waals surface area contributed by atoms with Gasteiger partial charge in [0.2, 0.25) is 17.7 Å². The van der Waals surface area contributed by atoms with Crippen molar-refractivity contribution in [1.29, 1.82) is 0 Å². The quantitative estimate of drug-likeness (QED) is 0.636. The Morgan fingerprint density at radius 1 is 1.17 bits per heavy atom. The van der Waals surface area contributed by atoms with Gasteiger partial charge in [0.05, 0.1) is 24.0 Å². The van der Waals surface area contributed by atoms with Gasteiger partial charge in [-0.05, 0) is 31.6 Å². The first-order chi connectivity index (χ1) is 11.1. The number of fused-ring (bicyclic) bond motifs is 5. The van der Waals surface area contributed by atoms with Crippen molar-refractivity contribution in [2.45, 2.75) is 50.4 Å². The van der Waals surface area contributed by atoms with Crippen LogP contribution in [0, 0.1) is 17.8 Å². The average molecular weight is 321 g/mol. The molecule has 3 N–H and O–H groups in total. The van der Waals surface area contributed by atoms with E-state index in [-0.39, 0.29) is 60.8 Å². The number of nitrogens with one attached hydrogen (secondary N) is 1. The van der Waals surface area contributed by atoms with Crippen molar-refractivity contribution >= 4 is 17.7 Å². The highest BCUT2D eigenvalue weighted by Crippen LogP contribution is 2.48. The highest BCUT2D eigenvalue weighted by Gasteiger charge is 2.62. The molecular formula is C16H23N3O4. The molecule has 3 heterocycles. The molecule has 7 nitrogen and oxygen atoms in total. The maximum absolute atomic E-state index is 12.4. The van der Waals surface area contributed by atoms with Gasteiger partial charge in [-0.15, -0.1) is 0 Å². The van der Waals surface area contributed by atoms with E-state index in [2.05, 4.69) is 5.32 Å². The third-order valence-electron chi connectivity index (χ3n) is 5.70. The molecule has 23 heavy (non-hydrogen) atoms. The van der Waals surface area contributed by atoms with Crippen molar-refractivity contribution in [3.05, 3.63) is 0 Å². The Kier molecular flexibility index (Phi) is 3.65. The van der Waals surface area contributed by atoms with Crippen molar-refractivity contribution in [2.24, 2.45) is 23.5 Å². The van der Waals surface area contributed by atoms with Gasteiger partial charge in [0.1, 0.15) is 0 Å². The van der Waals surface area contributed by atoms with Crippen LogP contribution in [0.5, 0.6) is 0 Å². The Morgan fingerprint density at radius 3 is 2.35 bits per heavy atom. The minimum absolute atomic E-state index is 0.0149. The van der Waals surface area contributed by atoms with Gasteiger partial charge in [-0.1, -0.05) is 0 Å². The highest BCUT2D eigenvalue weighted by atomic mass is 16.5. The van der Waals surface area contributed by atoms with E-state index in [9.17, 15) is 14.4 Å². The van der Waals surface area contributed by atoms with Crippen LogP contribution in [0.3, 0.4) is 0 Å². The number of rotatable bonds is 6. The second kappa shape index (κ2) is 5.56. The van der Waals surface area contributed by atoms with Crippen LogP contribution < -0.4 is 11.1 Å². The van der Waals surface area contributed by atoms with Crippen molar-refractivity contribution in [2.75, 3.05) is 13.1 Å². The average Bonchev–Trinajstić information content (AvgIpc) is 3.11. The molecule has 0 radical (unpaired) electrons. The molecule has 2 bridgehead atoms. The summed E-state index contributed by atoms with van der Waals surface area (Å²) >= 11 is 0. The van der Waals surface area contributed by atoms with Crippen molar-refractivity contribution < 1.29 is 19.1 Å². The smallest absolute Gasteiger partial charge is 0.235 e. The molecule has 4 fully saturated rings. The lowest BCUT2D eigenvalue weighted by Gasteiger charge is -2.17. The van der Waals surface area contributed by atoms with Gasteiger partial charge in [0.25, 0.3) is 0 Å². The monoisotopic (exact) mass is 321 g/mol. The number of likely N-dealkylation sites (tertiary alicyclic amines) is 1. The fourth-order valence-corrected chi connectivity index (χ4v) is 4.22. The van der Waals surface area contributed by atoms with Crippen LogP contribution >= 0.6 is 0 Å². The van der Waals surface area contributed by atoms with Crippen LogP contribution in [0.4, 0.5) is 0 Å². The molecule has 0 spiro atoms. The summed E-state index contributed by atoms with van der Waals surface area (Å²) in [6.45, 7) is 0.628. The normalized spacial score (nSPS) is 36.5. The maximum Gasteiger partial charge on any atom is 0.235 e. The zero-order chi connectivity index (χ0) is 16.1. The lowest BCUT2D eigenvalue weighted by molar-refractivity contribution is -0.142. The summed E-state index contributed by atoms with van der Waals surface area (Å²) < 4.78 is 5.69. The zero-order valence-corrected chi connectivity index (χ0v) is 13.1. The van der Waals surface area contributed by atoms with E-state index in [0.717, 1.165) is 25.7 Å². The summed E-state index contributed by atoms with van der Waals surface area (Å²) in [4.78, 5) is 38.0. The number of nitrogens with two attached hydrogens (primary N) is 1. The molecule has 3 saturated heterocycles. The third-order valence-corrected chi connectivity index (χ3v) is 5.70. The van der Waals surface area contributed by atoms with Crippen LogP contribution in [0.2, 0.25) is 0 Å². The standard InChI is InChI=1S/C16H23N3O4/c17-9(8-1-2-8)7-18-12(20)5-6-19-15(21)13-10-3-4-11(23-10)14(13)16(19)22/h8-11,13-14H,1-7,17H2,(H,18,20). The van der Waals surface area contributed by atoms with Crippen LogP contribution in [0.1, 0.15) is 32.1 Å². The van der Waals surface area contributed by atoms with Gasteiger partial charge in [-0.3, -0.25) is 19.3 Å². The topological polar surface area (TPSA) is 102 Å². The van der Waals surface area contributed by atoms with E-state index in [1.165, 1.54) is 4.90 Å². The SMILES string of the molecule is NC(CNC(=O)CCN1C(=O)C2C3CCC(O3)C2C1=O)C1CC1. The van der Waals surface area contributed by atoms with Crippen LogP contribution in [0.25, 0.3) is 0 Å². The van der Waals surface area contributed by atoms with E-state index < -0.39 is 0 Å². The summed E-state index contributed by atoms with van der Waals surface area (Å²) in [7, 11) is 0. The van der Waals surface area contributed by atoms with E-state index in [1.807, 2.05) is 0 Å². The predicted octanol–water partition coefficient (Wildman–Crippen LogP) is -0.608. The van der Waals surface area contributed by atoms with E-state index in [1.54, 1.807) is 0 Å². The summed E-state index contributed by atoms with van der Waals surface area (Å²) in [5.74, 6) is -0.561. The molecular weight excluding hydrogens is 298 g/mol. The first kappa shape index (κ1) is 15.1. The van der Waals surface area contributed by atoms with Gasteiger partial charge in [-0.2, -0.15) is 0 Å². The number of carbonyl (C=O) groups excluding carboxylic acids is 3. The third kappa shape index (κ3) is 2.55. The zero-order valence-electron chi connectivity index (χ0n) is 13.1. The van der Waals surface area contributed by atoms with Gasteiger partial charge in [-0.25, -0.2) is 0 Å². The predicted molar refractivity (Wildman–Crippen MR) is 79.9 cm³/mol. The fraction of sp³-hybridized carbons (Fsp3) is 0.812. The maximum atomic E-state index is 12.4. The Labute approximate surface area is 134 Å². The molecule has 0 aromatic heterocycles. The fourth-order valence-electron chi connectivity index (χ4n) is 4.22. The Morgan fingerprint density at radius 2 is 1.78 bits per heavy atom. The molecule has 4 aliphatic rings. The Bertz CT molecular complexity index is 519. The second-order valence-corrected chi connectivity index (χ2v) is 7.23. The molecule has 0 aromatic carbocycles. The summed E-state index contributed by atoms with van der Waals surface area (Å²) in [6.07, 6.45) is 3.94. The molecule has 5 atom stereocenters. The molecule has 1 saturated carbocycles. The van der Waals surface area contributed by atoms with E-state index in [0.29, 0.717) is 12.5 Å². The number of amides is 3. The molecule has 3 amide bonds. The molecule has 4 rings (SSSR count). The van der Waals surface area contributed by atoms with Gasteiger partial charge < -0.3 is 15.8 Å². The lowest BCUT2D eigenvalue weighted by Crippen LogP contribution is -2.41. The number of imide groups is 1. The van der Waals surface area contributed by atoms with Gasteiger partial charge in [0.15, 0.2) is 0 Å². The number of hydrogen-bond donors (Lipinski definition) is 2. The first-order valence-electron chi connectivity index (χ1n) is 8.59. The largest absolute Gasteiger partial charge is 0.373 e. The highest BCUT2D eigenvalue weighted by molar-refractivity contribution is 6.06. The minimum Gasteiger partial charge on any atom is -0.373 e. The van der Waals surface area contributed by atoms with Crippen molar-refractivity contribution in [3.63, 3.8) is 0 Å². The number of ether oxygens (including phenoxy) is 1. The molecule has 126 valence electrons. The van der Waals surface area contributed by atoms with E-state index in [4.69, 9.17) is 10.5 Å². The summed E-state index contributed by atoms with van der Waals surface area (Å²) in [6, 6.07) is 0.0149. The van der Waals surface area contributed by atoms with Crippen LogP contribution in [0.15, 0.2) is 0 Å². The number of nitrogens with zero attached hydrogens (tertiary/aromatic N) is 1. The van der Waals surface area contributed by atoms with Gasteiger partial charge in [0, 0.05) is 25.6 Å². The van der Waals surface area contributed by atoms with Crippen LogP contribution in [-0.2, 0) is 19.1 Å². The Hall–Kier alpha value is -1.47. The van der Waals surface area contributed by atoms with Gasteiger partial charge >= 0.3 is 0 Å². The summed E-state index contributed by atoms with van der Waals surface area (Å²) in [5, 5.41) is 2.80. The number of hydrogen-bond acceptors (Lipinski definition) is 5. The van der Waals surface area contributed by atoms with Crippen molar-refractivity contribution in [3.8, 4) is 0 Å². The van der Waals surface area contributed by atoms with Crippen LogP contribution in [-0.4, -0.2) is 54.0 Å². The molecule has 7 heteroatoms. The lowest BCUT2D eigenvalue weighted by atomic mass is 9.81. The first-order valence-corrected chi connectivity index (χ1v) is 8.59. The Balaban J connectivity index is 1.28. The molecule has 5 unspecified atom stereocenters. The second-order valence-electron chi connectivity index (χ2n) is 7.23. The summed E-state index contributed by atoms with van der Waals surface area (Å²) in [5.41, 5.74) is 5.94. The number of carbonyl (C=O) groups is 3. The molecule has 3 aliphatic heterocycles. The minimum atomic E-state index is -0.312. The van der Waals surface area contributed by atoms with E-state index >= 15 is 0 Å².